The van der Waals surface area contributed by atoms with Crippen molar-refractivity contribution in [3.05, 3.63) is 58.6 Å². The van der Waals surface area contributed by atoms with Crippen molar-refractivity contribution in [3.8, 4) is 0 Å². The molecule has 1 saturated heterocycles. The molecule has 1 fully saturated rings. The van der Waals surface area contributed by atoms with E-state index in [1.807, 2.05) is 26.8 Å². The molecule has 2 aromatic rings. The highest BCUT2D eigenvalue weighted by Crippen LogP contribution is 2.43. The number of hydrogen-bond acceptors (Lipinski definition) is 6. The highest BCUT2D eigenvalue weighted by Gasteiger charge is 2.40. The zero-order valence-corrected chi connectivity index (χ0v) is 19.8. The first-order valence-electron chi connectivity index (χ1n) is 10.5. The average molecular weight is 461 g/mol. The molecule has 0 saturated carbocycles. The van der Waals surface area contributed by atoms with Crippen molar-refractivity contribution in [2.24, 2.45) is 0 Å². The molecule has 1 aliphatic rings. The number of carbonyl (C=O) groups excluding carboxylic acids is 2. The van der Waals surface area contributed by atoms with Crippen LogP contribution in [0.5, 0.6) is 0 Å². The minimum absolute atomic E-state index is 0.231. The lowest BCUT2D eigenvalue weighted by molar-refractivity contribution is -0.0760. The first-order valence-corrected chi connectivity index (χ1v) is 10.9. The van der Waals surface area contributed by atoms with Crippen LogP contribution in [0.4, 0.5) is 4.79 Å². The standard InChI is InChI=1S/C23H29ClN4O4/c1-23(2,3)32-22(30)28-18(12-7-13-19(28)20-15(24)9-8-14-25-20)16-10-6-11-17(26-16)21(29)27(4)31-5/h6,8-11,14,18-19H,7,12-13H2,1-5H3. The van der Waals surface area contributed by atoms with E-state index in [2.05, 4.69) is 9.97 Å². The molecule has 8 nitrogen and oxygen atoms in total. The van der Waals surface area contributed by atoms with Gasteiger partial charge in [-0.25, -0.2) is 14.8 Å². The third kappa shape index (κ3) is 5.37. The number of aromatic nitrogens is 2. The van der Waals surface area contributed by atoms with Crippen LogP contribution in [0.2, 0.25) is 5.02 Å². The van der Waals surface area contributed by atoms with Gasteiger partial charge in [0.25, 0.3) is 5.91 Å². The minimum atomic E-state index is -0.677. The quantitative estimate of drug-likeness (QED) is 0.599. The van der Waals surface area contributed by atoms with E-state index in [9.17, 15) is 9.59 Å². The van der Waals surface area contributed by atoms with E-state index < -0.39 is 17.7 Å². The van der Waals surface area contributed by atoms with Gasteiger partial charge in [0.05, 0.1) is 35.6 Å². The van der Waals surface area contributed by atoms with Crippen LogP contribution in [0.3, 0.4) is 0 Å². The molecule has 3 heterocycles. The van der Waals surface area contributed by atoms with E-state index in [0.29, 0.717) is 29.3 Å². The molecule has 0 radical (unpaired) electrons. The van der Waals surface area contributed by atoms with Gasteiger partial charge in [-0.3, -0.25) is 19.5 Å². The second-order valence-electron chi connectivity index (χ2n) is 8.65. The van der Waals surface area contributed by atoms with Crippen molar-refractivity contribution in [1.29, 1.82) is 0 Å². The largest absolute Gasteiger partial charge is 0.444 e. The van der Waals surface area contributed by atoms with E-state index in [-0.39, 0.29) is 17.6 Å². The molecule has 3 rings (SSSR count). The smallest absolute Gasteiger partial charge is 0.411 e. The summed E-state index contributed by atoms with van der Waals surface area (Å²) in [7, 11) is 2.93. The molecule has 0 bridgehead atoms. The number of hydrogen-bond donors (Lipinski definition) is 0. The fraction of sp³-hybridized carbons (Fsp3) is 0.478. The van der Waals surface area contributed by atoms with Gasteiger partial charge in [-0.15, -0.1) is 0 Å². The Morgan fingerprint density at radius 1 is 1.16 bits per heavy atom. The molecular formula is C23H29ClN4O4. The molecule has 32 heavy (non-hydrogen) atoms. The van der Waals surface area contributed by atoms with Crippen LogP contribution >= 0.6 is 11.6 Å². The molecule has 2 aromatic heterocycles. The molecular weight excluding hydrogens is 432 g/mol. The summed E-state index contributed by atoms with van der Waals surface area (Å²) in [6, 6.07) is 7.93. The fourth-order valence-electron chi connectivity index (χ4n) is 3.77. The predicted molar refractivity (Wildman–Crippen MR) is 120 cm³/mol. The van der Waals surface area contributed by atoms with Crippen molar-refractivity contribution < 1.29 is 19.2 Å². The molecule has 0 spiro atoms. The number of hydroxylamine groups is 2. The number of rotatable bonds is 4. The highest BCUT2D eigenvalue weighted by atomic mass is 35.5. The van der Waals surface area contributed by atoms with Gasteiger partial charge in [0.15, 0.2) is 0 Å². The zero-order chi connectivity index (χ0) is 23.5. The minimum Gasteiger partial charge on any atom is -0.444 e. The van der Waals surface area contributed by atoms with E-state index in [4.69, 9.17) is 21.2 Å². The summed E-state index contributed by atoms with van der Waals surface area (Å²) in [5.74, 6) is -0.377. The van der Waals surface area contributed by atoms with Crippen LogP contribution in [0.15, 0.2) is 36.5 Å². The van der Waals surface area contributed by atoms with Crippen molar-refractivity contribution in [3.63, 3.8) is 0 Å². The van der Waals surface area contributed by atoms with Crippen molar-refractivity contribution >= 4 is 23.6 Å². The molecule has 9 heteroatoms. The maximum Gasteiger partial charge on any atom is 0.411 e. The van der Waals surface area contributed by atoms with Crippen LogP contribution in [0, 0.1) is 0 Å². The first kappa shape index (κ1) is 23.9. The SMILES string of the molecule is CON(C)C(=O)c1cccc(C2CCCC(c3ncccc3Cl)N2C(=O)OC(C)(C)C)n1. The Morgan fingerprint density at radius 3 is 2.53 bits per heavy atom. The third-order valence-corrected chi connectivity index (χ3v) is 5.54. The Kier molecular flexibility index (Phi) is 7.36. The molecule has 2 unspecified atom stereocenters. The Morgan fingerprint density at radius 2 is 1.88 bits per heavy atom. The second-order valence-corrected chi connectivity index (χ2v) is 9.06. The van der Waals surface area contributed by atoms with E-state index in [0.717, 1.165) is 11.5 Å². The van der Waals surface area contributed by atoms with Gasteiger partial charge in [-0.2, -0.15) is 0 Å². The summed E-state index contributed by atoms with van der Waals surface area (Å²) >= 11 is 6.45. The Balaban J connectivity index is 2.04. The lowest BCUT2D eigenvalue weighted by atomic mass is 9.91. The summed E-state index contributed by atoms with van der Waals surface area (Å²) < 4.78 is 5.75. The number of piperidine rings is 1. The number of nitrogens with zero attached hydrogens (tertiary/aromatic N) is 4. The predicted octanol–water partition coefficient (Wildman–Crippen LogP) is 4.97. The van der Waals surface area contributed by atoms with Gasteiger partial charge in [-0.05, 0) is 64.3 Å². The Hall–Kier alpha value is -2.71. The molecule has 0 aromatic carbocycles. The average Bonchev–Trinajstić information content (AvgIpc) is 2.76. The van der Waals surface area contributed by atoms with Crippen LogP contribution in [0.25, 0.3) is 0 Å². The number of pyridine rings is 2. The molecule has 0 aliphatic carbocycles. The summed E-state index contributed by atoms with van der Waals surface area (Å²) in [5, 5.41) is 1.60. The van der Waals surface area contributed by atoms with Gasteiger partial charge < -0.3 is 4.74 Å². The van der Waals surface area contributed by atoms with Gasteiger partial charge in [0.1, 0.15) is 11.3 Å². The van der Waals surface area contributed by atoms with Crippen LogP contribution in [0.1, 0.15) is 74.0 Å². The molecule has 172 valence electrons. The van der Waals surface area contributed by atoms with E-state index in [1.54, 1.807) is 35.4 Å². The molecule has 2 atom stereocenters. The lowest BCUT2D eigenvalue weighted by Gasteiger charge is -2.42. The summed E-state index contributed by atoms with van der Waals surface area (Å²) in [6.45, 7) is 5.47. The zero-order valence-electron chi connectivity index (χ0n) is 19.0. The van der Waals surface area contributed by atoms with Gasteiger partial charge in [0.2, 0.25) is 0 Å². The number of likely N-dealkylation sites (tertiary alicyclic amines) is 1. The van der Waals surface area contributed by atoms with Crippen molar-refractivity contribution in [2.75, 3.05) is 14.2 Å². The number of ether oxygens (including phenoxy) is 1. The molecule has 1 aliphatic heterocycles. The Labute approximate surface area is 193 Å². The lowest BCUT2D eigenvalue weighted by Crippen LogP contribution is -2.44. The first-order chi connectivity index (χ1) is 15.1. The molecule has 0 N–H and O–H groups in total. The Bertz CT molecular complexity index is 978. The monoisotopic (exact) mass is 460 g/mol. The third-order valence-electron chi connectivity index (χ3n) is 5.22. The summed E-state index contributed by atoms with van der Waals surface area (Å²) in [4.78, 5) is 41.6. The fourth-order valence-corrected chi connectivity index (χ4v) is 4.02. The van der Waals surface area contributed by atoms with E-state index >= 15 is 0 Å². The van der Waals surface area contributed by atoms with E-state index in [1.165, 1.54) is 14.2 Å². The summed E-state index contributed by atoms with van der Waals surface area (Å²) in [5.41, 5.74) is 0.775. The second kappa shape index (κ2) is 9.83. The van der Waals surface area contributed by atoms with Gasteiger partial charge in [0, 0.05) is 13.2 Å². The van der Waals surface area contributed by atoms with Crippen LogP contribution in [-0.2, 0) is 9.57 Å². The van der Waals surface area contributed by atoms with Crippen LogP contribution < -0.4 is 0 Å². The van der Waals surface area contributed by atoms with Gasteiger partial charge in [-0.1, -0.05) is 17.7 Å². The number of amides is 2. The maximum atomic E-state index is 13.4. The van der Waals surface area contributed by atoms with Gasteiger partial charge >= 0.3 is 6.09 Å². The highest BCUT2D eigenvalue weighted by molar-refractivity contribution is 6.31. The van der Waals surface area contributed by atoms with Crippen LogP contribution in [-0.4, -0.2) is 51.7 Å². The summed E-state index contributed by atoms with van der Waals surface area (Å²) in [6.07, 6.45) is 3.39. The number of carbonyl (C=O) groups is 2. The molecule has 2 amide bonds. The normalized spacial score (nSPS) is 18.9. The topological polar surface area (TPSA) is 84.9 Å². The van der Waals surface area contributed by atoms with Crippen molar-refractivity contribution in [1.82, 2.24) is 19.9 Å². The maximum absolute atomic E-state index is 13.4. The van der Waals surface area contributed by atoms with Crippen molar-refractivity contribution in [2.45, 2.75) is 57.7 Å². The number of halogens is 1.